The van der Waals surface area contributed by atoms with Crippen molar-refractivity contribution in [1.29, 1.82) is 0 Å². The van der Waals surface area contributed by atoms with Gasteiger partial charge >= 0.3 is 0 Å². The van der Waals surface area contributed by atoms with Gasteiger partial charge < -0.3 is 83.8 Å². The summed E-state index contributed by atoms with van der Waals surface area (Å²) in [6, 6.07) is -3.76. The highest BCUT2D eigenvalue weighted by atomic mass is 16.7. The number of carbonyl (C=O) groups is 1. The highest BCUT2D eigenvalue weighted by Crippen LogP contribution is 2.32. The first-order valence-corrected chi connectivity index (χ1v) is 15.4. The lowest BCUT2D eigenvalue weighted by molar-refractivity contribution is -0.307. The third kappa shape index (κ3) is 9.48. The van der Waals surface area contributed by atoms with Crippen LogP contribution in [0.3, 0.4) is 0 Å². The maximum absolute atomic E-state index is 12.9. The van der Waals surface area contributed by atoms with E-state index in [2.05, 4.69) is 15.6 Å². The van der Waals surface area contributed by atoms with Crippen molar-refractivity contribution in [2.24, 2.45) is 33.7 Å². The molecule has 0 spiro atoms. The SMILES string of the molecule is CN[C@@H]1C(O)[C@@H](OC2C(O)C(O[C@H]3O[C@H](CN=C(N)C(C)N)CCC3N)[C@@H](N)C[C@H]2NC(=O)[C@@H](O)[C@@H](O)CCN)OCC1(C)O. The Morgan fingerprint density at radius 1 is 1.11 bits per heavy atom. The summed E-state index contributed by atoms with van der Waals surface area (Å²) in [4.78, 5) is 17.2. The van der Waals surface area contributed by atoms with Crippen molar-refractivity contribution < 1.29 is 49.3 Å². The zero-order chi connectivity index (χ0) is 33.6. The predicted octanol–water partition coefficient (Wildman–Crippen LogP) is -6.00. The van der Waals surface area contributed by atoms with Gasteiger partial charge in [0.15, 0.2) is 18.7 Å². The highest BCUT2D eigenvalue weighted by molar-refractivity contribution is 5.85. The predicted molar refractivity (Wildman–Crippen MR) is 161 cm³/mol. The second-order valence-electron chi connectivity index (χ2n) is 12.5. The number of aliphatic hydroxyl groups is 5. The standard InChI is InChI=1S/C27H54N8O10/c1-11(29)23(32)34-9-12-4-5-13(30)25(43-12)44-20-14(31)8-15(35-24(40)17(37)16(36)6-7-28)21(18(20)38)45-26-19(39)22(33-3)27(2,41)10-42-26/h11-22,25-26,33,36-39,41H,4-10,28-31H2,1-3H3,(H2,32,34)(H,35,40)/t11?,12-,13?,14-,15+,16-,17-,18?,19?,20?,21?,22+,25+,26+,27?/m0/s1. The molecule has 17 N–H and O–H groups in total. The van der Waals surface area contributed by atoms with E-state index in [9.17, 15) is 30.3 Å². The van der Waals surface area contributed by atoms with Crippen LogP contribution >= 0.6 is 0 Å². The van der Waals surface area contributed by atoms with Gasteiger partial charge in [0, 0.05) is 6.04 Å². The van der Waals surface area contributed by atoms with Crippen molar-refractivity contribution in [1.82, 2.24) is 10.6 Å². The Morgan fingerprint density at radius 2 is 1.78 bits per heavy atom. The van der Waals surface area contributed by atoms with Crippen LogP contribution in [0.4, 0.5) is 0 Å². The minimum Gasteiger partial charge on any atom is -0.390 e. The van der Waals surface area contributed by atoms with E-state index in [-0.39, 0.29) is 44.5 Å². The van der Waals surface area contributed by atoms with Crippen LogP contribution in [0.2, 0.25) is 0 Å². The van der Waals surface area contributed by atoms with Gasteiger partial charge in [-0.05, 0) is 53.1 Å². The molecule has 3 fully saturated rings. The topological polar surface area (TPSA) is 322 Å². The number of ether oxygens (including phenoxy) is 4. The van der Waals surface area contributed by atoms with Gasteiger partial charge in [-0.25, -0.2) is 0 Å². The molecular weight excluding hydrogens is 596 g/mol. The molecule has 1 amide bonds. The third-order valence-electron chi connectivity index (χ3n) is 8.61. The Hall–Kier alpha value is -1.62. The smallest absolute Gasteiger partial charge is 0.251 e. The molecule has 2 aliphatic heterocycles. The van der Waals surface area contributed by atoms with E-state index in [1.807, 2.05) is 0 Å². The van der Waals surface area contributed by atoms with Crippen molar-refractivity contribution in [3.63, 3.8) is 0 Å². The molecule has 3 rings (SSSR count). The first-order chi connectivity index (χ1) is 21.1. The molecule has 18 nitrogen and oxygen atoms in total. The molecule has 0 bridgehead atoms. The molecular formula is C27H54N8O10. The van der Waals surface area contributed by atoms with Gasteiger partial charge in [0.1, 0.15) is 35.9 Å². The highest BCUT2D eigenvalue weighted by Gasteiger charge is 2.52. The van der Waals surface area contributed by atoms with Gasteiger partial charge in [-0.3, -0.25) is 9.79 Å². The zero-order valence-electron chi connectivity index (χ0n) is 26.1. The molecule has 0 aromatic carbocycles. The lowest BCUT2D eigenvalue weighted by Gasteiger charge is -2.49. The van der Waals surface area contributed by atoms with E-state index in [1.165, 1.54) is 6.92 Å². The molecule has 0 radical (unpaired) electrons. The number of nitrogens with one attached hydrogen (secondary N) is 2. The molecule has 2 saturated heterocycles. The van der Waals surface area contributed by atoms with Crippen LogP contribution in [0.1, 0.15) is 39.5 Å². The number of amidine groups is 1. The molecule has 2 heterocycles. The van der Waals surface area contributed by atoms with Crippen LogP contribution < -0.4 is 39.3 Å². The summed E-state index contributed by atoms with van der Waals surface area (Å²) in [6.45, 7) is 3.25. The maximum atomic E-state index is 12.9. The van der Waals surface area contributed by atoms with Crippen LogP contribution in [0.25, 0.3) is 0 Å². The molecule has 1 saturated carbocycles. The monoisotopic (exact) mass is 650 g/mol. The molecule has 1 aliphatic carbocycles. The lowest BCUT2D eigenvalue weighted by atomic mass is 9.83. The summed E-state index contributed by atoms with van der Waals surface area (Å²) >= 11 is 0. The van der Waals surface area contributed by atoms with E-state index in [0.717, 1.165) is 0 Å². The van der Waals surface area contributed by atoms with Gasteiger partial charge in [-0.1, -0.05) is 0 Å². The molecule has 0 aromatic rings. The quantitative estimate of drug-likeness (QED) is 0.0652. The van der Waals surface area contributed by atoms with Crippen LogP contribution in [0.5, 0.6) is 0 Å². The van der Waals surface area contributed by atoms with E-state index >= 15 is 0 Å². The van der Waals surface area contributed by atoms with Crippen molar-refractivity contribution >= 4 is 11.7 Å². The summed E-state index contributed by atoms with van der Waals surface area (Å²) in [6.07, 6.45) is -10.3. The van der Waals surface area contributed by atoms with Gasteiger partial charge in [0.2, 0.25) is 0 Å². The molecule has 0 aromatic heterocycles. The Labute approximate surface area is 262 Å². The maximum Gasteiger partial charge on any atom is 0.251 e. The molecule has 15 atom stereocenters. The summed E-state index contributed by atoms with van der Waals surface area (Å²) in [7, 11) is 1.55. The average molecular weight is 651 g/mol. The Morgan fingerprint density at radius 3 is 2.40 bits per heavy atom. The van der Waals surface area contributed by atoms with Gasteiger partial charge in [-0.15, -0.1) is 0 Å². The lowest BCUT2D eigenvalue weighted by Crippen LogP contribution is -2.69. The van der Waals surface area contributed by atoms with Crippen LogP contribution in [0, 0.1) is 0 Å². The van der Waals surface area contributed by atoms with Crippen molar-refractivity contribution in [2.75, 3.05) is 26.7 Å². The normalized spacial score (nSPS) is 41.7. The van der Waals surface area contributed by atoms with Gasteiger partial charge in [-0.2, -0.15) is 0 Å². The Bertz CT molecular complexity index is 980. The summed E-state index contributed by atoms with van der Waals surface area (Å²) in [5.41, 5.74) is 28.4. The zero-order valence-corrected chi connectivity index (χ0v) is 26.1. The van der Waals surface area contributed by atoms with Crippen molar-refractivity contribution in [2.45, 2.75) is 131 Å². The van der Waals surface area contributed by atoms with Gasteiger partial charge in [0.25, 0.3) is 5.91 Å². The number of rotatable bonds is 13. The Kier molecular flexibility index (Phi) is 13.8. The van der Waals surface area contributed by atoms with E-state index in [0.29, 0.717) is 12.8 Å². The largest absolute Gasteiger partial charge is 0.390 e. The number of aliphatic hydroxyl groups excluding tert-OH is 4. The van der Waals surface area contributed by atoms with Crippen LogP contribution in [-0.4, -0.2) is 155 Å². The second-order valence-corrected chi connectivity index (χ2v) is 12.5. The number of aliphatic imine (C=N–C) groups is 1. The van der Waals surface area contributed by atoms with Crippen LogP contribution in [-0.2, 0) is 23.7 Å². The minimum atomic E-state index is -1.82. The van der Waals surface area contributed by atoms with E-state index in [1.54, 1.807) is 14.0 Å². The number of nitrogens with zero attached hydrogens (tertiary/aromatic N) is 1. The van der Waals surface area contributed by atoms with Crippen molar-refractivity contribution in [3.05, 3.63) is 0 Å². The molecule has 45 heavy (non-hydrogen) atoms. The third-order valence-corrected chi connectivity index (χ3v) is 8.61. The first-order valence-electron chi connectivity index (χ1n) is 15.4. The number of likely N-dealkylation sites (N-methyl/N-ethyl adjacent to an activating group) is 1. The fourth-order valence-corrected chi connectivity index (χ4v) is 5.88. The Balaban J connectivity index is 1.81. The number of hydrogen-bond acceptors (Lipinski definition) is 16. The molecule has 262 valence electrons. The molecule has 3 aliphatic rings. The van der Waals surface area contributed by atoms with E-state index < -0.39 is 90.9 Å². The summed E-state index contributed by atoms with van der Waals surface area (Å²) < 4.78 is 23.9. The number of amides is 1. The number of nitrogens with two attached hydrogens (primary N) is 5. The molecule has 18 heteroatoms. The van der Waals surface area contributed by atoms with Gasteiger partial charge in [0.05, 0.1) is 49.5 Å². The fraction of sp³-hybridized carbons (Fsp3) is 0.926. The number of hydrogen-bond donors (Lipinski definition) is 12. The number of carbonyl (C=O) groups excluding carboxylic acids is 1. The van der Waals surface area contributed by atoms with Crippen molar-refractivity contribution in [3.8, 4) is 0 Å². The summed E-state index contributed by atoms with van der Waals surface area (Å²) in [5, 5.41) is 59.2. The van der Waals surface area contributed by atoms with E-state index in [4.69, 9.17) is 47.6 Å². The fourth-order valence-electron chi connectivity index (χ4n) is 5.88. The average Bonchev–Trinajstić information content (AvgIpc) is 2.97. The minimum absolute atomic E-state index is 0.0194. The first kappa shape index (κ1) is 37.8. The summed E-state index contributed by atoms with van der Waals surface area (Å²) in [5.74, 6) is -0.667. The molecule has 7 unspecified atom stereocenters. The second kappa shape index (κ2) is 16.5. The van der Waals surface area contributed by atoms with Crippen LogP contribution in [0.15, 0.2) is 4.99 Å².